The second-order valence-corrected chi connectivity index (χ2v) is 3.08. The van der Waals surface area contributed by atoms with Gasteiger partial charge >= 0.3 is 12.0 Å². The van der Waals surface area contributed by atoms with Gasteiger partial charge in [0.2, 0.25) is 5.91 Å². The smallest absolute Gasteiger partial charge is 0.318 e. The van der Waals surface area contributed by atoms with Crippen LogP contribution < -0.4 is 16.4 Å². The van der Waals surface area contributed by atoms with Crippen molar-refractivity contribution < 1.29 is 19.1 Å². The molecule has 0 aromatic rings. The first kappa shape index (κ1) is 14.4. The Morgan fingerprint density at radius 2 is 2.00 bits per heavy atom. The molecule has 0 saturated carbocycles. The Bertz CT molecular complexity index is 267. The molecule has 0 aliphatic carbocycles. The molecule has 0 fully saturated rings. The lowest BCUT2D eigenvalue weighted by Crippen LogP contribution is -2.46. The zero-order chi connectivity index (χ0) is 12.6. The van der Waals surface area contributed by atoms with E-state index in [2.05, 4.69) is 5.32 Å². The maximum atomic E-state index is 11.2. The van der Waals surface area contributed by atoms with Gasteiger partial charge in [-0.25, -0.2) is 4.79 Å². The van der Waals surface area contributed by atoms with E-state index in [-0.39, 0.29) is 12.4 Å². The van der Waals surface area contributed by atoms with E-state index in [1.807, 2.05) is 5.32 Å². The van der Waals surface area contributed by atoms with Gasteiger partial charge in [0.15, 0.2) is 0 Å². The number of ether oxygens (including phenoxy) is 1. The summed E-state index contributed by atoms with van der Waals surface area (Å²) in [5.41, 5.74) is 4.77. The number of imide groups is 1. The Kier molecular flexibility index (Phi) is 6.86. The number of esters is 1. The third-order valence-electron chi connectivity index (χ3n) is 1.72. The Morgan fingerprint density at radius 1 is 1.38 bits per heavy atom. The van der Waals surface area contributed by atoms with Crippen molar-refractivity contribution in [2.45, 2.75) is 26.3 Å². The molecule has 0 saturated heterocycles. The van der Waals surface area contributed by atoms with Gasteiger partial charge in [0.25, 0.3) is 0 Å². The van der Waals surface area contributed by atoms with Gasteiger partial charge in [-0.2, -0.15) is 0 Å². The molecule has 7 nitrogen and oxygen atoms in total. The van der Waals surface area contributed by atoms with Crippen LogP contribution in [0.4, 0.5) is 4.79 Å². The SMILES string of the molecule is CCOC(=O)CCNC(C)C(=O)NC(N)=O. The molecule has 0 aromatic heterocycles. The lowest BCUT2D eigenvalue weighted by molar-refractivity contribution is -0.143. The van der Waals surface area contributed by atoms with E-state index in [9.17, 15) is 14.4 Å². The van der Waals surface area contributed by atoms with Crippen molar-refractivity contribution in [1.82, 2.24) is 10.6 Å². The van der Waals surface area contributed by atoms with Gasteiger partial charge in [0.05, 0.1) is 19.1 Å². The van der Waals surface area contributed by atoms with E-state index in [1.54, 1.807) is 13.8 Å². The molecule has 0 bridgehead atoms. The van der Waals surface area contributed by atoms with E-state index in [0.717, 1.165) is 0 Å². The van der Waals surface area contributed by atoms with Gasteiger partial charge in [-0.3, -0.25) is 14.9 Å². The molecule has 0 spiro atoms. The van der Waals surface area contributed by atoms with Gasteiger partial charge in [-0.15, -0.1) is 0 Å². The summed E-state index contributed by atoms with van der Waals surface area (Å²) in [6, 6.07) is -1.49. The standard InChI is InChI=1S/C9H17N3O4/c1-3-16-7(13)4-5-11-6(2)8(14)12-9(10)15/h6,11H,3-5H2,1-2H3,(H3,10,12,14,15). The number of hydrogen-bond donors (Lipinski definition) is 3. The van der Waals surface area contributed by atoms with E-state index >= 15 is 0 Å². The van der Waals surface area contributed by atoms with Gasteiger partial charge in [0.1, 0.15) is 0 Å². The maximum Gasteiger partial charge on any atom is 0.318 e. The summed E-state index contributed by atoms with van der Waals surface area (Å²) in [7, 11) is 0. The molecule has 3 amide bonds. The average molecular weight is 231 g/mol. The summed E-state index contributed by atoms with van der Waals surface area (Å²) >= 11 is 0. The van der Waals surface area contributed by atoms with Crippen LogP contribution in [0, 0.1) is 0 Å². The number of amides is 3. The van der Waals surface area contributed by atoms with Crippen LogP contribution in [0.5, 0.6) is 0 Å². The van der Waals surface area contributed by atoms with Crippen LogP contribution in [0.25, 0.3) is 0 Å². The number of rotatable bonds is 6. The molecular formula is C9H17N3O4. The number of primary amides is 1. The average Bonchev–Trinajstić information content (AvgIpc) is 2.16. The van der Waals surface area contributed by atoms with E-state index in [0.29, 0.717) is 13.2 Å². The molecule has 0 heterocycles. The lowest BCUT2D eigenvalue weighted by atomic mass is 10.3. The molecule has 7 heteroatoms. The van der Waals surface area contributed by atoms with Crippen molar-refractivity contribution in [2.24, 2.45) is 5.73 Å². The maximum absolute atomic E-state index is 11.2. The normalized spacial score (nSPS) is 11.6. The Labute approximate surface area is 93.7 Å². The van der Waals surface area contributed by atoms with Gasteiger partial charge in [-0.05, 0) is 13.8 Å². The highest BCUT2D eigenvalue weighted by Gasteiger charge is 2.13. The van der Waals surface area contributed by atoms with Crippen LogP contribution in [-0.2, 0) is 14.3 Å². The summed E-state index contributed by atoms with van der Waals surface area (Å²) in [5.74, 6) is -0.867. The summed E-state index contributed by atoms with van der Waals surface area (Å²) in [6.45, 7) is 3.90. The minimum Gasteiger partial charge on any atom is -0.466 e. The minimum atomic E-state index is -0.899. The third kappa shape index (κ3) is 6.77. The van der Waals surface area contributed by atoms with E-state index < -0.39 is 18.0 Å². The van der Waals surface area contributed by atoms with Gasteiger partial charge < -0.3 is 15.8 Å². The molecule has 4 N–H and O–H groups in total. The summed E-state index contributed by atoms with van der Waals surface area (Å²) in [4.78, 5) is 32.5. The number of hydrogen-bond acceptors (Lipinski definition) is 5. The predicted octanol–water partition coefficient (Wildman–Crippen LogP) is -0.887. The fraction of sp³-hybridized carbons (Fsp3) is 0.667. The van der Waals surface area contributed by atoms with Crippen molar-refractivity contribution >= 4 is 17.9 Å². The first-order valence-electron chi connectivity index (χ1n) is 4.96. The van der Waals surface area contributed by atoms with Gasteiger partial charge in [0, 0.05) is 6.54 Å². The first-order valence-corrected chi connectivity index (χ1v) is 4.96. The highest BCUT2D eigenvalue weighted by atomic mass is 16.5. The Balaban J connectivity index is 3.72. The minimum absolute atomic E-state index is 0.169. The Morgan fingerprint density at radius 3 is 2.50 bits per heavy atom. The molecule has 0 radical (unpaired) electrons. The zero-order valence-corrected chi connectivity index (χ0v) is 9.41. The van der Waals surface area contributed by atoms with Crippen molar-refractivity contribution in [1.29, 1.82) is 0 Å². The zero-order valence-electron chi connectivity index (χ0n) is 9.41. The predicted molar refractivity (Wildman–Crippen MR) is 56.4 cm³/mol. The van der Waals surface area contributed by atoms with E-state index in [4.69, 9.17) is 10.5 Å². The molecule has 92 valence electrons. The molecule has 0 rings (SSSR count). The molecule has 0 aliphatic rings. The summed E-state index contributed by atoms with van der Waals surface area (Å²) < 4.78 is 4.70. The second-order valence-electron chi connectivity index (χ2n) is 3.08. The molecule has 16 heavy (non-hydrogen) atoms. The molecular weight excluding hydrogens is 214 g/mol. The van der Waals surface area contributed by atoms with Crippen molar-refractivity contribution in [2.75, 3.05) is 13.2 Å². The van der Waals surface area contributed by atoms with E-state index in [1.165, 1.54) is 0 Å². The van der Waals surface area contributed by atoms with Crippen LogP contribution in [0.15, 0.2) is 0 Å². The fourth-order valence-electron chi connectivity index (χ4n) is 0.946. The van der Waals surface area contributed by atoms with Crippen molar-refractivity contribution in [3.8, 4) is 0 Å². The molecule has 0 aromatic carbocycles. The number of nitrogens with one attached hydrogen (secondary N) is 2. The van der Waals surface area contributed by atoms with Crippen LogP contribution in [-0.4, -0.2) is 37.1 Å². The Hall–Kier alpha value is -1.63. The topological polar surface area (TPSA) is 111 Å². The number of carbonyl (C=O) groups is 3. The highest BCUT2D eigenvalue weighted by Crippen LogP contribution is 1.87. The lowest BCUT2D eigenvalue weighted by Gasteiger charge is -2.11. The summed E-state index contributed by atoms with van der Waals surface area (Å²) in [5, 5.41) is 4.68. The first-order chi connectivity index (χ1) is 7.47. The van der Waals surface area contributed by atoms with Crippen molar-refractivity contribution in [3.05, 3.63) is 0 Å². The quantitative estimate of drug-likeness (QED) is 0.514. The fourth-order valence-corrected chi connectivity index (χ4v) is 0.946. The van der Waals surface area contributed by atoms with Crippen molar-refractivity contribution in [3.63, 3.8) is 0 Å². The van der Waals surface area contributed by atoms with Crippen LogP contribution in [0.3, 0.4) is 0 Å². The molecule has 1 unspecified atom stereocenters. The van der Waals surface area contributed by atoms with Crippen LogP contribution >= 0.6 is 0 Å². The number of urea groups is 1. The highest BCUT2D eigenvalue weighted by molar-refractivity contribution is 5.96. The number of nitrogens with two attached hydrogens (primary N) is 1. The third-order valence-corrected chi connectivity index (χ3v) is 1.72. The summed E-state index contributed by atoms with van der Waals surface area (Å²) in [6.07, 6.45) is 0.169. The monoisotopic (exact) mass is 231 g/mol. The second kappa shape index (κ2) is 7.63. The van der Waals surface area contributed by atoms with Crippen LogP contribution in [0.2, 0.25) is 0 Å². The number of carbonyl (C=O) groups excluding carboxylic acids is 3. The van der Waals surface area contributed by atoms with Gasteiger partial charge in [-0.1, -0.05) is 0 Å². The molecule has 1 atom stereocenters. The largest absolute Gasteiger partial charge is 0.466 e. The van der Waals surface area contributed by atoms with Crippen LogP contribution in [0.1, 0.15) is 20.3 Å². The molecule has 0 aliphatic heterocycles.